The van der Waals surface area contributed by atoms with Crippen molar-refractivity contribution in [3.63, 3.8) is 0 Å². The van der Waals surface area contributed by atoms with Crippen LogP contribution in [-0.4, -0.2) is 45.0 Å². The van der Waals surface area contributed by atoms with Crippen molar-refractivity contribution in [2.24, 2.45) is 7.05 Å². The Morgan fingerprint density at radius 3 is 2.24 bits per heavy atom. The Bertz CT molecular complexity index is 1220. The predicted molar refractivity (Wildman–Crippen MR) is 126 cm³/mol. The lowest BCUT2D eigenvalue weighted by Gasteiger charge is -2.24. The fraction of sp³-hybridized carbons (Fsp3) is 0.280. The number of anilines is 1. The predicted octanol–water partition coefficient (Wildman–Crippen LogP) is 3.76. The summed E-state index contributed by atoms with van der Waals surface area (Å²) in [6, 6.07) is 16.0. The topological polar surface area (TPSA) is 123 Å². The summed E-state index contributed by atoms with van der Waals surface area (Å²) in [7, 11) is 1.56. The quantitative estimate of drug-likeness (QED) is 0.491. The summed E-state index contributed by atoms with van der Waals surface area (Å²) in [5.74, 6) is -1.81. The lowest BCUT2D eigenvalue weighted by molar-refractivity contribution is -0.143. The molecule has 1 atom stereocenters. The van der Waals surface area contributed by atoms with E-state index in [1.54, 1.807) is 14.0 Å². The number of amides is 2. The maximum absolute atomic E-state index is 12.8. The van der Waals surface area contributed by atoms with Crippen molar-refractivity contribution in [3.05, 3.63) is 71.4 Å². The number of carbonyl (C=O) groups is 3. The highest BCUT2D eigenvalue weighted by atomic mass is 16.5. The molecule has 3 aromatic rings. The van der Waals surface area contributed by atoms with Gasteiger partial charge in [0, 0.05) is 13.0 Å². The minimum atomic E-state index is -1.45. The van der Waals surface area contributed by atoms with E-state index in [4.69, 9.17) is 4.74 Å². The van der Waals surface area contributed by atoms with Crippen LogP contribution in [-0.2, 0) is 16.6 Å². The van der Waals surface area contributed by atoms with E-state index in [1.807, 2.05) is 36.4 Å². The van der Waals surface area contributed by atoms with Crippen LogP contribution in [0.5, 0.6) is 0 Å². The Balaban J connectivity index is 1.47. The first kappa shape index (κ1) is 23.0. The maximum atomic E-state index is 12.8. The number of aromatic nitrogens is 2. The van der Waals surface area contributed by atoms with Gasteiger partial charge in [0.2, 0.25) is 0 Å². The average molecular weight is 463 g/mol. The number of hydrogen-bond donors (Lipinski definition) is 3. The first-order chi connectivity index (χ1) is 16.2. The van der Waals surface area contributed by atoms with Gasteiger partial charge in [0.15, 0.2) is 0 Å². The van der Waals surface area contributed by atoms with Gasteiger partial charge in [-0.05, 0) is 35.6 Å². The zero-order chi connectivity index (χ0) is 24.5. The van der Waals surface area contributed by atoms with Crippen molar-refractivity contribution in [1.29, 1.82) is 0 Å². The number of fused-ring (bicyclic) bond motifs is 3. The molecule has 2 aromatic carbocycles. The summed E-state index contributed by atoms with van der Waals surface area (Å²) in [6.07, 6.45) is 0.714. The molecule has 4 rings (SSSR count). The molecule has 0 saturated carbocycles. The lowest BCUT2D eigenvalue weighted by Crippen LogP contribution is -2.51. The number of nitrogens with zero attached hydrogens (tertiary/aromatic N) is 2. The molecule has 1 unspecified atom stereocenters. The number of aryl methyl sites for hydroxylation is 1. The largest absolute Gasteiger partial charge is 0.480 e. The number of carbonyl (C=O) groups excluding carboxylic acids is 2. The highest BCUT2D eigenvalue weighted by Crippen LogP contribution is 2.44. The Hall–Kier alpha value is -4.14. The number of hydrogen-bond acceptors (Lipinski definition) is 5. The molecule has 1 aromatic heterocycles. The number of rotatable bonds is 7. The van der Waals surface area contributed by atoms with Crippen LogP contribution in [0.4, 0.5) is 10.6 Å². The van der Waals surface area contributed by atoms with Crippen LogP contribution in [0, 0.1) is 0 Å². The minimum absolute atomic E-state index is 0.0388. The second kappa shape index (κ2) is 9.01. The first-order valence-corrected chi connectivity index (χ1v) is 10.9. The molecule has 9 heteroatoms. The lowest BCUT2D eigenvalue weighted by atomic mass is 9.98. The van der Waals surface area contributed by atoms with Crippen molar-refractivity contribution >= 4 is 23.8 Å². The van der Waals surface area contributed by atoms with E-state index in [1.165, 1.54) is 17.8 Å². The Kier molecular flexibility index (Phi) is 6.10. The Labute approximate surface area is 196 Å². The molecule has 1 aliphatic rings. The molecule has 0 spiro atoms. The SMILES string of the molecule is CCC(C)(NC(=O)c1cnn(C)c1NC(=O)OCC1c2ccccc2-c2ccccc21)C(=O)O. The van der Waals surface area contributed by atoms with Crippen molar-refractivity contribution in [3.8, 4) is 11.1 Å². The monoisotopic (exact) mass is 462 g/mol. The number of nitrogens with one attached hydrogen (secondary N) is 2. The summed E-state index contributed by atoms with van der Waals surface area (Å²) >= 11 is 0. The van der Waals surface area contributed by atoms with Crippen molar-refractivity contribution in [1.82, 2.24) is 15.1 Å². The van der Waals surface area contributed by atoms with Gasteiger partial charge in [0.05, 0.1) is 6.20 Å². The molecule has 0 saturated heterocycles. The Morgan fingerprint density at radius 2 is 1.68 bits per heavy atom. The summed E-state index contributed by atoms with van der Waals surface area (Å²) in [6.45, 7) is 3.20. The van der Waals surface area contributed by atoms with Gasteiger partial charge in [-0.25, -0.2) is 9.59 Å². The Morgan fingerprint density at radius 1 is 1.09 bits per heavy atom. The zero-order valence-electron chi connectivity index (χ0n) is 19.2. The van der Waals surface area contributed by atoms with Gasteiger partial charge in [-0.1, -0.05) is 55.5 Å². The van der Waals surface area contributed by atoms with Crippen LogP contribution >= 0.6 is 0 Å². The van der Waals surface area contributed by atoms with Gasteiger partial charge in [-0.2, -0.15) is 5.10 Å². The van der Waals surface area contributed by atoms with Crippen molar-refractivity contribution < 1.29 is 24.2 Å². The highest BCUT2D eigenvalue weighted by molar-refractivity contribution is 6.03. The standard InChI is InChI=1S/C25H26N4O5/c1-4-25(2,23(31)32)28-22(30)19-13-26-29(3)21(19)27-24(33)34-14-20-17-11-7-5-9-15(17)16-10-6-8-12-18(16)20/h5-13,20H,4,14H2,1-3H3,(H,27,33)(H,28,30)(H,31,32). The molecule has 0 aliphatic heterocycles. The number of ether oxygens (including phenoxy) is 1. The van der Waals surface area contributed by atoms with E-state index in [-0.39, 0.29) is 30.3 Å². The number of aliphatic carboxylic acids is 1. The number of carboxylic acid groups (broad SMARTS) is 1. The third kappa shape index (κ3) is 4.12. The third-order valence-electron chi connectivity index (χ3n) is 6.32. The second-order valence-electron chi connectivity index (χ2n) is 8.43. The van der Waals surface area contributed by atoms with Crippen LogP contribution < -0.4 is 10.6 Å². The first-order valence-electron chi connectivity index (χ1n) is 10.9. The van der Waals surface area contributed by atoms with Gasteiger partial charge in [-0.15, -0.1) is 0 Å². The van der Waals surface area contributed by atoms with Crippen LogP contribution in [0.1, 0.15) is 47.7 Å². The van der Waals surface area contributed by atoms with Gasteiger partial charge >= 0.3 is 12.1 Å². The van der Waals surface area contributed by atoms with E-state index >= 15 is 0 Å². The van der Waals surface area contributed by atoms with E-state index in [0.717, 1.165) is 22.3 Å². The summed E-state index contributed by atoms with van der Waals surface area (Å²) in [5.41, 5.74) is 3.00. The number of benzene rings is 2. The molecule has 1 aliphatic carbocycles. The molecule has 2 amide bonds. The van der Waals surface area contributed by atoms with E-state index in [0.29, 0.717) is 0 Å². The van der Waals surface area contributed by atoms with Gasteiger partial charge < -0.3 is 15.2 Å². The molecule has 0 bridgehead atoms. The molecular formula is C25H26N4O5. The molecule has 176 valence electrons. The van der Waals surface area contributed by atoms with Crippen molar-refractivity contribution in [2.75, 3.05) is 11.9 Å². The molecule has 9 nitrogen and oxygen atoms in total. The van der Waals surface area contributed by atoms with Crippen LogP contribution in [0.3, 0.4) is 0 Å². The molecule has 0 fully saturated rings. The fourth-order valence-electron chi connectivity index (χ4n) is 4.09. The van der Waals surface area contributed by atoms with E-state index in [2.05, 4.69) is 27.9 Å². The highest BCUT2D eigenvalue weighted by Gasteiger charge is 2.34. The fourth-order valence-corrected chi connectivity index (χ4v) is 4.09. The average Bonchev–Trinajstić information content (AvgIpc) is 3.35. The molecule has 0 radical (unpaired) electrons. The minimum Gasteiger partial charge on any atom is -0.480 e. The van der Waals surface area contributed by atoms with Crippen LogP contribution in [0.15, 0.2) is 54.7 Å². The summed E-state index contributed by atoms with van der Waals surface area (Å²) < 4.78 is 6.87. The van der Waals surface area contributed by atoms with Gasteiger partial charge in [0.25, 0.3) is 5.91 Å². The zero-order valence-corrected chi connectivity index (χ0v) is 19.2. The third-order valence-corrected chi connectivity index (χ3v) is 6.32. The summed E-state index contributed by atoms with van der Waals surface area (Å²) in [4.78, 5) is 37.0. The van der Waals surface area contributed by atoms with E-state index in [9.17, 15) is 19.5 Å². The summed E-state index contributed by atoms with van der Waals surface area (Å²) in [5, 5.41) is 18.5. The molecule has 3 N–H and O–H groups in total. The molecular weight excluding hydrogens is 436 g/mol. The van der Waals surface area contributed by atoms with Gasteiger partial charge in [0.1, 0.15) is 23.5 Å². The second-order valence-corrected chi connectivity index (χ2v) is 8.43. The normalized spacial score (nSPS) is 14.0. The van der Waals surface area contributed by atoms with Crippen LogP contribution in [0.2, 0.25) is 0 Å². The van der Waals surface area contributed by atoms with Crippen molar-refractivity contribution in [2.45, 2.75) is 31.7 Å². The number of carboxylic acids is 1. The smallest absolute Gasteiger partial charge is 0.412 e. The maximum Gasteiger partial charge on any atom is 0.412 e. The van der Waals surface area contributed by atoms with Crippen LogP contribution in [0.25, 0.3) is 11.1 Å². The van der Waals surface area contributed by atoms with Gasteiger partial charge in [-0.3, -0.25) is 14.8 Å². The molecule has 1 heterocycles. The molecule has 34 heavy (non-hydrogen) atoms. The van der Waals surface area contributed by atoms with E-state index < -0.39 is 23.5 Å².